The first-order valence-electron chi connectivity index (χ1n) is 10.0. The van der Waals surface area contributed by atoms with Gasteiger partial charge in [0.2, 0.25) is 0 Å². The number of carbonyl (C=O) groups excluding carboxylic acids is 1. The van der Waals surface area contributed by atoms with E-state index in [1.54, 1.807) is 0 Å². The molecule has 0 aromatic carbocycles. The summed E-state index contributed by atoms with van der Waals surface area (Å²) in [6.45, 7) is 3.81. The Morgan fingerprint density at radius 2 is 2.08 bits per heavy atom. The molecule has 6 heteroatoms. The smallest absolute Gasteiger partial charge is 0.322 e. The number of rotatable bonds is 4. The molecule has 138 valence electrons. The van der Waals surface area contributed by atoms with Crippen molar-refractivity contribution in [1.29, 1.82) is 0 Å². The molecule has 3 heterocycles. The summed E-state index contributed by atoms with van der Waals surface area (Å²) in [5, 5.41) is 7.75. The predicted molar refractivity (Wildman–Crippen MR) is 96.8 cm³/mol. The molecule has 2 amide bonds. The van der Waals surface area contributed by atoms with Gasteiger partial charge in [-0.05, 0) is 44.9 Å². The summed E-state index contributed by atoms with van der Waals surface area (Å²) in [5.41, 5.74) is 2.05. The first-order valence-corrected chi connectivity index (χ1v) is 10.0. The molecule has 1 aromatic heterocycles. The number of carbonyl (C=O) groups is 1. The van der Waals surface area contributed by atoms with Crippen molar-refractivity contribution in [3.63, 3.8) is 0 Å². The Morgan fingerprint density at radius 1 is 1.24 bits per heavy atom. The fraction of sp³-hybridized carbons (Fsp3) is 0.789. The van der Waals surface area contributed by atoms with Crippen LogP contribution in [-0.2, 0) is 11.2 Å². The molecular weight excluding hydrogens is 316 g/mol. The summed E-state index contributed by atoms with van der Waals surface area (Å²) < 4.78 is 8.00. The highest BCUT2D eigenvalue weighted by Crippen LogP contribution is 2.33. The van der Waals surface area contributed by atoms with Gasteiger partial charge in [-0.1, -0.05) is 19.8 Å². The van der Waals surface area contributed by atoms with Gasteiger partial charge in [0.15, 0.2) is 0 Å². The van der Waals surface area contributed by atoms with Crippen molar-refractivity contribution in [2.45, 2.75) is 82.9 Å². The summed E-state index contributed by atoms with van der Waals surface area (Å²) in [6, 6.07) is 0.753. The maximum atomic E-state index is 12.9. The van der Waals surface area contributed by atoms with Gasteiger partial charge in [-0.3, -0.25) is 4.68 Å². The van der Waals surface area contributed by atoms with Crippen molar-refractivity contribution >= 4 is 11.7 Å². The normalized spacial score (nSPS) is 27.3. The lowest BCUT2D eigenvalue weighted by atomic mass is 10.1. The molecule has 1 aromatic rings. The van der Waals surface area contributed by atoms with Crippen molar-refractivity contribution < 1.29 is 9.53 Å². The van der Waals surface area contributed by atoms with E-state index in [2.05, 4.69) is 22.0 Å². The summed E-state index contributed by atoms with van der Waals surface area (Å²) in [4.78, 5) is 14.9. The average molecular weight is 346 g/mol. The van der Waals surface area contributed by atoms with Gasteiger partial charge in [0.05, 0.1) is 35.8 Å². The number of anilines is 1. The number of aromatic nitrogens is 2. The van der Waals surface area contributed by atoms with Crippen LogP contribution < -0.4 is 5.32 Å². The Kier molecular flexibility index (Phi) is 4.97. The Hall–Kier alpha value is -1.56. The van der Waals surface area contributed by atoms with E-state index in [-0.39, 0.29) is 18.2 Å². The average Bonchev–Trinajstić information content (AvgIpc) is 3.40. The van der Waals surface area contributed by atoms with Gasteiger partial charge >= 0.3 is 6.03 Å². The highest BCUT2D eigenvalue weighted by atomic mass is 16.5. The first-order chi connectivity index (χ1) is 12.3. The highest BCUT2D eigenvalue weighted by molar-refractivity contribution is 5.90. The third-order valence-corrected chi connectivity index (χ3v) is 6.10. The molecule has 1 saturated carbocycles. The number of amides is 2. The second kappa shape index (κ2) is 7.36. The van der Waals surface area contributed by atoms with Crippen LogP contribution in [0.15, 0.2) is 6.20 Å². The Labute approximate surface area is 149 Å². The minimum Gasteiger partial charge on any atom is -0.376 e. The van der Waals surface area contributed by atoms with E-state index in [1.165, 1.54) is 25.7 Å². The van der Waals surface area contributed by atoms with Crippen molar-refractivity contribution in [3.05, 3.63) is 11.9 Å². The minimum absolute atomic E-state index is 0.0127. The van der Waals surface area contributed by atoms with Gasteiger partial charge in [-0.2, -0.15) is 5.10 Å². The maximum Gasteiger partial charge on any atom is 0.322 e. The fourth-order valence-electron chi connectivity index (χ4n) is 4.83. The van der Waals surface area contributed by atoms with Crippen LogP contribution in [0, 0.1) is 0 Å². The summed E-state index contributed by atoms with van der Waals surface area (Å²) in [7, 11) is 0. The summed E-state index contributed by atoms with van der Waals surface area (Å²) >= 11 is 0. The molecule has 0 bridgehead atoms. The van der Waals surface area contributed by atoms with Gasteiger partial charge in [0.1, 0.15) is 0 Å². The van der Waals surface area contributed by atoms with Crippen LogP contribution >= 0.6 is 0 Å². The lowest BCUT2D eigenvalue weighted by Gasteiger charge is -2.29. The molecule has 6 nitrogen and oxygen atoms in total. The highest BCUT2D eigenvalue weighted by Gasteiger charge is 2.37. The molecule has 2 aliphatic heterocycles. The number of urea groups is 1. The fourth-order valence-corrected chi connectivity index (χ4v) is 4.83. The molecule has 4 rings (SSSR count). The Bertz CT molecular complexity index is 603. The van der Waals surface area contributed by atoms with E-state index in [4.69, 9.17) is 4.74 Å². The van der Waals surface area contributed by atoms with Crippen molar-refractivity contribution in [1.82, 2.24) is 14.7 Å². The van der Waals surface area contributed by atoms with E-state index in [0.29, 0.717) is 6.04 Å². The van der Waals surface area contributed by atoms with Crippen LogP contribution in [-0.4, -0.2) is 46.0 Å². The van der Waals surface area contributed by atoms with E-state index in [0.717, 1.165) is 56.6 Å². The van der Waals surface area contributed by atoms with Crippen LogP contribution in [0.3, 0.4) is 0 Å². The van der Waals surface area contributed by atoms with Gasteiger partial charge in [0.25, 0.3) is 0 Å². The van der Waals surface area contributed by atoms with Crippen LogP contribution in [0.2, 0.25) is 0 Å². The lowest BCUT2D eigenvalue weighted by molar-refractivity contribution is 0.0543. The third-order valence-electron chi connectivity index (χ3n) is 6.10. The quantitative estimate of drug-likeness (QED) is 0.903. The summed E-state index contributed by atoms with van der Waals surface area (Å²) in [6.07, 6.45) is 12.2. The van der Waals surface area contributed by atoms with Crippen LogP contribution in [0.5, 0.6) is 0 Å². The monoisotopic (exact) mass is 346 g/mol. The summed E-state index contributed by atoms with van der Waals surface area (Å²) in [5.74, 6) is 0. The van der Waals surface area contributed by atoms with Crippen molar-refractivity contribution in [3.8, 4) is 0 Å². The van der Waals surface area contributed by atoms with Gasteiger partial charge in [-0.25, -0.2) is 4.79 Å². The molecule has 1 aliphatic carbocycles. The molecule has 2 atom stereocenters. The standard InChI is InChI=1S/C19H30N4O2/c1-2-16-15(13-20-23(16)14-7-3-4-8-14)21-19(24)22-11-5-9-17(22)18-10-6-12-25-18/h13-14,17-18H,2-12H2,1H3,(H,21,24)/t17-,18-/m1/s1. The topological polar surface area (TPSA) is 59.4 Å². The molecule has 0 radical (unpaired) electrons. The molecular formula is C19H30N4O2. The zero-order valence-electron chi connectivity index (χ0n) is 15.2. The van der Waals surface area contributed by atoms with Crippen molar-refractivity contribution in [2.75, 3.05) is 18.5 Å². The van der Waals surface area contributed by atoms with E-state index < -0.39 is 0 Å². The number of likely N-dealkylation sites (tertiary alicyclic amines) is 1. The molecule has 3 aliphatic rings. The Balaban J connectivity index is 1.46. The van der Waals surface area contributed by atoms with Gasteiger partial charge in [0, 0.05) is 13.2 Å². The maximum absolute atomic E-state index is 12.9. The van der Waals surface area contributed by atoms with Gasteiger partial charge < -0.3 is 15.0 Å². The molecule has 1 N–H and O–H groups in total. The van der Waals surface area contributed by atoms with E-state index in [1.807, 2.05) is 11.1 Å². The zero-order chi connectivity index (χ0) is 17.2. The number of hydrogen-bond acceptors (Lipinski definition) is 3. The number of ether oxygens (including phenoxy) is 1. The first kappa shape index (κ1) is 16.9. The number of nitrogens with zero attached hydrogens (tertiary/aromatic N) is 3. The predicted octanol–water partition coefficient (Wildman–Crippen LogP) is 3.74. The molecule has 3 fully saturated rings. The van der Waals surface area contributed by atoms with Crippen molar-refractivity contribution in [2.24, 2.45) is 0 Å². The minimum atomic E-state index is 0.0127. The second-order valence-corrected chi connectivity index (χ2v) is 7.63. The largest absolute Gasteiger partial charge is 0.376 e. The third kappa shape index (κ3) is 3.28. The van der Waals surface area contributed by atoms with Gasteiger partial charge in [-0.15, -0.1) is 0 Å². The second-order valence-electron chi connectivity index (χ2n) is 7.63. The number of nitrogens with one attached hydrogen (secondary N) is 1. The van der Waals surface area contributed by atoms with E-state index in [9.17, 15) is 4.79 Å². The number of hydrogen-bond donors (Lipinski definition) is 1. The zero-order valence-corrected chi connectivity index (χ0v) is 15.2. The molecule has 25 heavy (non-hydrogen) atoms. The van der Waals surface area contributed by atoms with Crippen LogP contribution in [0.4, 0.5) is 10.5 Å². The van der Waals surface area contributed by atoms with Crippen LogP contribution in [0.25, 0.3) is 0 Å². The molecule has 0 unspecified atom stereocenters. The Morgan fingerprint density at radius 3 is 2.80 bits per heavy atom. The van der Waals surface area contributed by atoms with Crippen LogP contribution in [0.1, 0.15) is 70.0 Å². The molecule has 2 saturated heterocycles. The lowest BCUT2D eigenvalue weighted by Crippen LogP contribution is -2.44. The van der Waals surface area contributed by atoms with E-state index >= 15 is 0 Å². The SMILES string of the molecule is CCc1c(NC(=O)N2CCC[C@@H]2[C@H]2CCCO2)cnn1C1CCCC1. The molecule has 0 spiro atoms.